The zero-order valence-corrected chi connectivity index (χ0v) is 12.0. The second-order valence-corrected chi connectivity index (χ2v) is 5.83. The van der Waals surface area contributed by atoms with Crippen molar-refractivity contribution in [3.05, 3.63) is 52.9 Å². The standard InChI is InChI=1S/C12H9N3O4S2/c13-15-14-12-7-10(21(18)19)5-6-11(12)8-1-3-9(4-2-8)20(16)17/h1-7H,(H,16,17)(H,18,19). The van der Waals surface area contributed by atoms with Gasteiger partial charge in [-0.25, -0.2) is 8.42 Å². The fourth-order valence-corrected chi connectivity index (χ4v) is 2.51. The number of azide groups is 1. The lowest BCUT2D eigenvalue weighted by atomic mass is 10.0. The lowest BCUT2D eigenvalue weighted by molar-refractivity contribution is 0.563. The Hall–Kier alpha value is -2.03. The molecule has 2 atom stereocenters. The number of rotatable bonds is 4. The van der Waals surface area contributed by atoms with Crippen molar-refractivity contribution in [2.75, 3.05) is 0 Å². The van der Waals surface area contributed by atoms with E-state index in [2.05, 4.69) is 10.0 Å². The number of benzene rings is 2. The van der Waals surface area contributed by atoms with E-state index in [1.807, 2.05) is 0 Å². The topological polar surface area (TPSA) is 123 Å². The van der Waals surface area contributed by atoms with E-state index in [9.17, 15) is 8.42 Å². The Morgan fingerprint density at radius 2 is 1.52 bits per heavy atom. The average molecular weight is 323 g/mol. The molecule has 0 amide bonds. The highest BCUT2D eigenvalue weighted by atomic mass is 32.2. The largest absolute Gasteiger partial charge is 0.302 e. The predicted octanol–water partition coefficient (Wildman–Crippen LogP) is 3.46. The molecule has 0 aliphatic rings. The summed E-state index contributed by atoms with van der Waals surface area (Å²) >= 11 is -4.24. The molecular formula is C12H9N3O4S2. The van der Waals surface area contributed by atoms with Crippen LogP contribution in [0, 0.1) is 0 Å². The van der Waals surface area contributed by atoms with Gasteiger partial charge in [0.15, 0.2) is 22.2 Å². The Bertz CT molecular complexity index is 771. The monoisotopic (exact) mass is 323 g/mol. The fraction of sp³-hybridized carbons (Fsp3) is 0. The third-order valence-corrected chi connectivity index (χ3v) is 4.02. The summed E-state index contributed by atoms with van der Waals surface area (Å²) in [6.45, 7) is 0. The fourth-order valence-electron chi connectivity index (χ4n) is 1.75. The highest BCUT2D eigenvalue weighted by Gasteiger charge is 2.09. The molecular weight excluding hydrogens is 314 g/mol. The molecule has 0 spiro atoms. The molecule has 7 nitrogen and oxygen atoms in total. The van der Waals surface area contributed by atoms with Crippen LogP contribution in [0.4, 0.5) is 5.69 Å². The highest BCUT2D eigenvalue weighted by Crippen LogP contribution is 2.32. The van der Waals surface area contributed by atoms with Crippen molar-refractivity contribution in [2.45, 2.75) is 9.79 Å². The van der Waals surface area contributed by atoms with Crippen molar-refractivity contribution in [3.8, 4) is 11.1 Å². The lowest BCUT2D eigenvalue weighted by Gasteiger charge is -2.07. The summed E-state index contributed by atoms with van der Waals surface area (Å²) in [7, 11) is 0. The average Bonchev–Trinajstić information content (AvgIpc) is 2.47. The third-order valence-electron chi connectivity index (χ3n) is 2.69. The van der Waals surface area contributed by atoms with Crippen LogP contribution in [0.15, 0.2) is 57.4 Å². The molecule has 0 aliphatic carbocycles. The molecule has 0 fully saturated rings. The van der Waals surface area contributed by atoms with Crippen LogP contribution in [0.1, 0.15) is 0 Å². The lowest BCUT2D eigenvalue weighted by Crippen LogP contribution is -1.90. The number of hydrogen-bond acceptors (Lipinski definition) is 3. The van der Waals surface area contributed by atoms with Gasteiger partial charge >= 0.3 is 0 Å². The van der Waals surface area contributed by atoms with E-state index in [0.717, 1.165) is 0 Å². The molecule has 0 bridgehead atoms. The first-order valence-corrected chi connectivity index (χ1v) is 7.75. The molecule has 2 rings (SSSR count). The molecule has 0 heterocycles. The van der Waals surface area contributed by atoms with Gasteiger partial charge in [0.1, 0.15) is 0 Å². The summed E-state index contributed by atoms with van der Waals surface area (Å²) in [6.07, 6.45) is 0. The van der Waals surface area contributed by atoms with Gasteiger partial charge in [-0.3, -0.25) is 0 Å². The maximum atomic E-state index is 11.0. The van der Waals surface area contributed by atoms with Crippen LogP contribution in [0.2, 0.25) is 0 Å². The smallest absolute Gasteiger partial charge is 0.186 e. The second kappa shape index (κ2) is 6.61. The minimum atomic E-state index is -2.17. The SMILES string of the molecule is [N-]=[N+]=Nc1cc(S(=O)O)ccc1-c1ccc(S(=O)O)cc1. The quantitative estimate of drug-likeness (QED) is 0.387. The van der Waals surface area contributed by atoms with Crippen LogP contribution < -0.4 is 0 Å². The van der Waals surface area contributed by atoms with Crippen LogP contribution in [-0.4, -0.2) is 17.5 Å². The van der Waals surface area contributed by atoms with E-state index < -0.39 is 22.2 Å². The first-order valence-electron chi connectivity index (χ1n) is 5.54. The van der Waals surface area contributed by atoms with Gasteiger partial charge in [-0.1, -0.05) is 23.3 Å². The normalized spacial score (nSPS) is 13.2. The third kappa shape index (κ3) is 3.54. The molecule has 108 valence electrons. The summed E-state index contributed by atoms with van der Waals surface area (Å²) in [5, 5.41) is 3.51. The van der Waals surface area contributed by atoms with Crippen LogP contribution in [0.3, 0.4) is 0 Å². The molecule has 2 aromatic carbocycles. The van der Waals surface area contributed by atoms with Crippen molar-refractivity contribution in [1.29, 1.82) is 0 Å². The highest BCUT2D eigenvalue weighted by molar-refractivity contribution is 7.79. The Labute approximate surface area is 124 Å². The summed E-state index contributed by atoms with van der Waals surface area (Å²) in [5.74, 6) is 0. The molecule has 0 radical (unpaired) electrons. The Morgan fingerprint density at radius 3 is 2.05 bits per heavy atom. The van der Waals surface area contributed by atoms with Gasteiger partial charge in [-0.2, -0.15) is 0 Å². The molecule has 0 aliphatic heterocycles. The summed E-state index contributed by atoms with van der Waals surface area (Å²) in [4.78, 5) is 3.06. The molecule has 21 heavy (non-hydrogen) atoms. The molecule has 0 saturated carbocycles. The van der Waals surface area contributed by atoms with Crippen molar-refractivity contribution < 1.29 is 17.5 Å². The predicted molar refractivity (Wildman–Crippen MR) is 78.8 cm³/mol. The van der Waals surface area contributed by atoms with Crippen LogP contribution in [-0.2, 0) is 22.2 Å². The van der Waals surface area contributed by atoms with Crippen molar-refractivity contribution in [2.24, 2.45) is 5.11 Å². The Kier molecular flexibility index (Phi) is 4.84. The van der Waals surface area contributed by atoms with Crippen molar-refractivity contribution in [3.63, 3.8) is 0 Å². The maximum Gasteiger partial charge on any atom is 0.186 e. The zero-order chi connectivity index (χ0) is 15.4. The molecule has 2 aromatic rings. The van der Waals surface area contributed by atoms with Gasteiger partial charge in [0, 0.05) is 10.6 Å². The minimum Gasteiger partial charge on any atom is -0.302 e. The van der Waals surface area contributed by atoms with E-state index >= 15 is 0 Å². The molecule has 0 aromatic heterocycles. The molecule has 2 N–H and O–H groups in total. The zero-order valence-electron chi connectivity index (χ0n) is 10.4. The van der Waals surface area contributed by atoms with E-state index in [1.54, 1.807) is 18.2 Å². The van der Waals surface area contributed by atoms with Gasteiger partial charge in [0.2, 0.25) is 0 Å². The Morgan fingerprint density at radius 1 is 0.952 bits per heavy atom. The Balaban J connectivity index is 2.54. The van der Waals surface area contributed by atoms with E-state index in [0.29, 0.717) is 11.1 Å². The van der Waals surface area contributed by atoms with Gasteiger partial charge in [0.25, 0.3) is 0 Å². The van der Waals surface area contributed by atoms with Gasteiger partial charge < -0.3 is 9.11 Å². The van der Waals surface area contributed by atoms with Crippen molar-refractivity contribution >= 4 is 27.8 Å². The van der Waals surface area contributed by atoms with Gasteiger partial charge in [-0.15, -0.1) is 0 Å². The van der Waals surface area contributed by atoms with E-state index in [-0.39, 0.29) is 15.5 Å². The van der Waals surface area contributed by atoms with E-state index in [1.165, 1.54) is 24.3 Å². The summed E-state index contributed by atoms with van der Waals surface area (Å²) < 4.78 is 40.0. The van der Waals surface area contributed by atoms with Gasteiger partial charge in [0.05, 0.1) is 9.79 Å². The number of nitrogens with zero attached hydrogens (tertiary/aromatic N) is 3. The maximum absolute atomic E-state index is 11.0. The molecule has 0 saturated heterocycles. The van der Waals surface area contributed by atoms with Crippen LogP contribution in [0.25, 0.3) is 21.6 Å². The van der Waals surface area contributed by atoms with Crippen molar-refractivity contribution in [1.82, 2.24) is 0 Å². The summed E-state index contributed by atoms with van der Waals surface area (Å²) in [5.41, 5.74) is 10.00. The number of hydrogen-bond donors (Lipinski definition) is 2. The van der Waals surface area contributed by atoms with E-state index in [4.69, 9.17) is 14.6 Å². The minimum absolute atomic E-state index is 0.120. The van der Waals surface area contributed by atoms with Gasteiger partial charge in [-0.05, 0) is 40.9 Å². The molecule has 9 heteroatoms. The van der Waals surface area contributed by atoms with Crippen LogP contribution >= 0.6 is 0 Å². The summed E-state index contributed by atoms with van der Waals surface area (Å²) in [6, 6.07) is 10.5. The molecule has 2 unspecified atom stereocenters. The first kappa shape index (κ1) is 15.4. The second-order valence-electron chi connectivity index (χ2n) is 3.89. The van der Waals surface area contributed by atoms with Crippen LogP contribution in [0.5, 0.6) is 0 Å². The first-order chi connectivity index (χ1) is 10.0.